The summed E-state index contributed by atoms with van der Waals surface area (Å²) in [6.45, 7) is -0.163. The van der Waals surface area contributed by atoms with Gasteiger partial charge in [-0.05, 0) is 30.5 Å². The molecule has 2 aromatic heterocycles. The number of aromatic nitrogens is 4. The van der Waals surface area contributed by atoms with Gasteiger partial charge in [-0.25, -0.2) is 19.5 Å². The number of aliphatic hydroxyl groups excluding tert-OH is 1. The number of nitrogens with zero attached hydrogens (tertiary/aromatic N) is 4. The molecule has 154 valence electrons. The number of anilines is 1. The highest BCUT2D eigenvalue weighted by atomic mass is 35.5. The number of halogens is 1. The first-order chi connectivity index (χ1) is 13.9. The monoisotopic (exact) mass is 439 g/mol. The van der Waals surface area contributed by atoms with Gasteiger partial charge in [0, 0.05) is 23.6 Å². The number of hydrogen-bond donors (Lipinski definition) is 3. The first-order valence-electron chi connectivity index (χ1n) is 8.84. The van der Waals surface area contributed by atoms with Crippen LogP contribution in [0.2, 0.25) is 5.02 Å². The molecule has 1 fully saturated rings. The van der Waals surface area contributed by atoms with E-state index >= 15 is 0 Å². The van der Waals surface area contributed by atoms with Crippen molar-refractivity contribution in [2.45, 2.75) is 12.5 Å². The number of rotatable bonds is 7. The molecule has 2 heterocycles. The van der Waals surface area contributed by atoms with Crippen LogP contribution in [0.4, 0.5) is 5.82 Å². The van der Waals surface area contributed by atoms with Crippen molar-refractivity contribution in [3.8, 4) is 5.75 Å². The normalized spacial score (nSPS) is 23.5. The van der Waals surface area contributed by atoms with Gasteiger partial charge in [0.15, 0.2) is 11.5 Å². The highest BCUT2D eigenvalue weighted by Gasteiger charge is 2.43. The van der Waals surface area contributed by atoms with Gasteiger partial charge in [-0.2, -0.15) is 0 Å². The number of nitrogens with two attached hydrogens (primary N) is 1. The molecule has 4 unspecified atom stereocenters. The summed E-state index contributed by atoms with van der Waals surface area (Å²) in [4.78, 5) is 22.3. The highest BCUT2D eigenvalue weighted by Crippen LogP contribution is 2.49. The van der Waals surface area contributed by atoms with Crippen LogP contribution in [0.15, 0.2) is 36.9 Å². The summed E-state index contributed by atoms with van der Waals surface area (Å²) in [5.74, 6) is 0.0865. The predicted molar refractivity (Wildman–Crippen MR) is 105 cm³/mol. The fourth-order valence-corrected chi connectivity index (χ4v) is 4.54. The van der Waals surface area contributed by atoms with Gasteiger partial charge in [-0.3, -0.25) is 9.42 Å². The van der Waals surface area contributed by atoms with Crippen molar-refractivity contribution in [1.29, 1.82) is 0 Å². The molecule has 4 N–H and O–H groups in total. The summed E-state index contributed by atoms with van der Waals surface area (Å²) < 4.78 is 24.2. The van der Waals surface area contributed by atoms with Crippen LogP contribution in [-0.4, -0.2) is 42.7 Å². The number of fused-ring (bicyclic) bond motifs is 1. The quantitative estimate of drug-likeness (QED) is 0.472. The molecule has 29 heavy (non-hydrogen) atoms. The van der Waals surface area contributed by atoms with E-state index < -0.39 is 7.82 Å². The molecule has 10 nitrogen and oxygen atoms in total. The van der Waals surface area contributed by atoms with E-state index in [9.17, 15) is 14.6 Å². The Morgan fingerprint density at radius 2 is 2.17 bits per heavy atom. The number of aliphatic hydroxyl groups is 1. The average molecular weight is 440 g/mol. The zero-order valence-corrected chi connectivity index (χ0v) is 16.8. The third-order valence-electron chi connectivity index (χ3n) is 5.07. The summed E-state index contributed by atoms with van der Waals surface area (Å²) in [5.41, 5.74) is 6.89. The largest absolute Gasteiger partial charge is 0.527 e. The standard InChI is InChI=1S/C17H19ClN5O5P/c18-11-2-1-3-12(5-11)28-29(25,26)27-7-10-4-14(13(10)6-24)23-9-22-15-16(19)20-8-21-17(15)23/h1-3,5,8-10,13-14,24H,4,6-7H2,(H,25,26)(H2,19,20,21). The van der Waals surface area contributed by atoms with Crippen molar-refractivity contribution in [2.24, 2.45) is 11.8 Å². The lowest BCUT2D eigenvalue weighted by atomic mass is 9.70. The summed E-state index contributed by atoms with van der Waals surface area (Å²) in [5, 5.41) is 10.2. The first kappa shape index (κ1) is 20.1. The van der Waals surface area contributed by atoms with Crippen LogP contribution >= 0.6 is 19.4 Å². The summed E-state index contributed by atoms with van der Waals surface area (Å²) in [7, 11) is -4.33. The van der Waals surface area contributed by atoms with Crippen molar-refractivity contribution < 1.29 is 23.6 Å². The minimum absolute atomic E-state index is 0.0418. The van der Waals surface area contributed by atoms with Crippen LogP contribution in [-0.2, 0) is 9.09 Å². The number of nitrogen functional groups attached to an aromatic ring is 1. The second kappa shape index (κ2) is 7.89. The molecule has 0 spiro atoms. The lowest BCUT2D eigenvalue weighted by molar-refractivity contribution is -0.00488. The van der Waals surface area contributed by atoms with E-state index in [2.05, 4.69) is 15.0 Å². The van der Waals surface area contributed by atoms with Gasteiger partial charge in [-0.1, -0.05) is 17.7 Å². The van der Waals surface area contributed by atoms with Crippen LogP contribution in [0.5, 0.6) is 5.75 Å². The minimum Gasteiger partial charge on any atom is -0.404 e. The smallest absolute Gasteiger partial charge is 0.404 e. The Bertz CT molecular complexity index is 1080. The number of phosphoric ester groups is 1. The fourth-order valence-electron chi connectivity index (χ4n) is 3.55. The Balaban J connectivity index is 1.40. The molecule has 0 amide bonds. The summed E-state index contributed by atoms with van der Waals surface area (Å²) in [6.07, 6.45) is 3.58. The number of hydrogen-bond acceptors (Lipinski definition) is 8. The number of imidazole rings is 1. The molecule has 1 aliphatic rings. The van der Waals surface area contributed by atoms with E-state index in [-0.39, 0.29) is 42.7 Å². The van der Waals surface area contributed by atoms with Gasteiger partial charge in [-0.15, -0.1) is 0 Å². The van der Waals surface area contributed by atoms with Crippen molar-refractivity contribution >= 4 is 36.4 Å². The summed E-state index contributed by atoms with van der Waals surface area (Å²) >= 11 is 5.84. The molecule has 0 radical (unpaired) electrons. The molecular weight excluding hydrogens is 421 g/mol. The molecule has 4 atom stereocenters. The van der Waals surface area contributed by atoms with Crippen LogP contribution in [0, 0.1) is 11.8 Å². The number of benzene rings is 1. The van der Waals surface area contributed by atoms with Crippen LogP contribution < -0.4 is 10.3 Å². The van der Waals surface area contributed by atoms with Gasteiger partial charge in [0.25, 0.3) is 0 Å². The van der Waals surface area contributed by atoms with E-state index in [4.69, 9.17) is 26.4 Å². The van der Waals surface area contributed by atoms with Crippen molar-refractivity contribution in [2.75, 3.05) is 18.9 Å². The predicted octanol–water partition coefficient (Wildman–Crippen LogP) is 2.43. The molecule has 1 aliphatic carbocycles. The van der Waals surface area contributed by atoms with Crippen molar-refractivity contribution in [1.82, 2.24) is 19.5 Å². The number of phosphoric acid groups is 1. The molecule has 12 heteroatoms. The molecule has 3 aromatic rings. The lowest BCUT2D eigenvalue weighted by Gasteiger charge is -2.44. The Hall–Kier alpha value is -2.23. The first-order valence-corrected chi connectivity index (χ1v) is 10.7. The maximum atomic E-state index is 12.2. The highest BCUT2D eigenvalue weighted by molar-refractivity contribution is 7.47. The Labute approximate surface area is 170 Å². The molecular formula is C17H19ClN5O5P. The van der Waals surface area contributed by atoms with Crippen molar-refractivity contribution in [3.05, 3.63) is 41.9 Å². The zero-order valence-electron chi connectivity index (χ0n) is 15.1. The zero-order chi connectivity index (χ0) is 20.6. The van der Waals surface area contributed by atoms with E-state index in [0.717, 1.165) is 0 Å². The SMILES string of the molecule is Nc1ncnc2c1ncn2C1CC(COP(=O)(O)Oc2cccc(Cl)c2)C1CO. The molecule has 0 bridgehead atoms. The molecule has 1 saturated carbocycles. The van der Waals surface area contributed by atoms with Gasteiger partial charge < -0.3 is 19.9 Å². The Morgan fingerprint density at radius 3 is 2.93 bits per heavy atom. The van der Waals surface area contributed by atoms with Crippen LogP contribution in [0.3, 0.4) is 0 Å². The molecule has 1 aromatic carbocycles. The average Bonchev–Trinajstić information content (AvgIpc) is 3.06. The third-order valence-corrected chi connectivity index (χ3v) is 6.22. The Kier molecular flexibility index (Phi) is 5.46. The van der Waals surface area contributed by atoms with Gasteiger partial charge in [0.1, 0.15) is 17.6 Å². The second-order valence-electron chi connectivity index (χ2n) is 6.81. The molecule has 0 saturated heterocycles. The second-order valence-corrected chi connectivity index (χ2v) is 8.62. The van der Waals surface area contributed by atoms with Gasteiger partial charge in [0.2, 0.25) is 0 Å². The van der Waals surface area contributed by atoms with E-state index in [1.54, 1.807) is 18.5 Å². The fraction of sp³-hybridized carbons (Fsp3) is 0.353. The van der Waals surface area contributed by atoms with Crippen LogP contribution in [0.1, 0.15) is 12.5 Å². The van der Waals surface area contributed by atoms with E-state index in [1.165, 1.54) is 18.5 Å². The van der Waals surface area contributed by atoms with Gasteiger partial charge >= 0.3 is 7.82 Å². The topological polar surface area (TPSA) is 146 Å². The lowest BCUT2D eigenvalue weighted by Crippen LogP contribution is -2.42. The van der Waals surface area contributed by atoms with Crippen LogP contribution in [0.25, 0.3) is 11.2 Å². The molecule has 0 aliphatic heterocycles. The van der Waals surface area contributed by atoms with Crippen molar-refractivity contribution in [3.63, 3.8) is 0 Å². The van der Waals surface area contributed by atoms with Gasteiger partial charge in [0.05, 0.1) is 12.9 Å². The maximum Gasteiger partial charge on any atom is 0.527 e. The maximum absolute atomic E-state index is 12.2. The third kappa shape index (κ3) is 4.08. The van der Waals surface area contributed by atoms with E-state index in [0.29, 0.717) is 22.6 Å². The molecule has 4 rings (SSSR count). The Morgan fingerprint density at radius 1 is 1.34 bits per heavy atom. The minimum atomic E-state index is -4.33. The van der Waals surface area contributed by atoms with E-state index in [1.807, 2.05) is 4.57 Å². The summed E-state index contributed by atoms with van der Waals surface area (Å²) in [6, 6.07) is 6.06.